The molecule has 6 nitrogen and oxygen atoms in total. The molecule has 0 aromatic heterocycles. The number of benzene rings is 1. The van der Waals surface area contributed by atoms with Crippen LogP contribution in [0.15, 0.2) is 24.2 Å². The average Bonchev–Trinajstić information content (AvgIpc) is 3.09. The molecule has 0 spiro atoms. The summed E-state index contributed by atoms with van der Waals surface area (Å²) in [7, 11) is -1.19. The Kier molecular flexibility index (Phi) is 5.42. The predicted molar refractivity (Wildman–Crippen MR) is 91.0 cm³/mol. The Morgan fingerprint density at radius 1 is 1.26 bits per heavy atom. The summed E-state index contributed by atoms with van der Waals surface area (Å²) in [4.78, 5) is 4.32. The van der Waals surface area contributed by atoms with E-state index in [4.69, 9.17) is 18.3 Å². The molecule has 1 aliphatic rings. The fourth-order valence-electron chi connectivity index (χ4n) is 2.34. The molecule has 0 bridgehead atoms. The third-order valence-corrected chi connectivity index (χ3v) is 4.84. The van der Waals surface area contributed by atoms with Gasteiger partial charge in [0, 0.05) is 25.3 Å². The van der Waals surface area contributed by atoms with Crippen LogP contribution in [0, 0.1) is 6.92 Å². The number of ether oxygens (including phenoxy) is 1. The van der Waals surface area contributed by atoms with Gasteiger partial charge in [-0.15, -0.1) is 0 Å². The van der Waals surface area contributed by atoms with Crippen LogP contribution in [0.3, 0.4) is 0 Å². The van der Waals surface area contributed by atoms with Crippen LogP contribution in [0.2, 0.25) is 0 Å². The van der Waals surface area contributed by atoms with Gasteiger partial charge in [-0.25, -0.2) is 9.56 Å². The third-order valence-electron chi connectivity index (χ3n) is 3.52. The first-order valence-electron chi connectivity index (χ1n) is 7.00. The van der Waals surface area contributed by atoms with Crippen molar-refractivity contribution in [2.45, 2.75) is 6.92 Å². The summed E-state index contributed by atoms with van der Waals surface area (Å²) in [5.41, 5.74) is 3.11. The van der Waals surface area contributed by atoms with E-state index in [0.29, 0.717) is 30.4 Å². The quantitative estimate of drug-likeness (QED) is 0.707. The van der Waals surface area contributed by atoms with E-state index in [1.165, 1.54) is 14.2 Å². The lowest BCUT2D eigenvalue weighted by Gasteiger charge is -2.20. The molecule has 1 aromatic carbocycles. The fraction of sp³-hybridized carbons (Fsp3) is 0.312. The molecule has 0 saturated carbocycles. The summed E-state index contributed by atoms with van der Waals surface area (Å²) in [6.45, 7) is 10.7. The van der Waals surface area contributed by atoms with Gasteiger partial charge in [0.25, 0.3) is 0 Å². The molecule has 2 rings (SSSR count). The van der Waals surface area contributed by atoms with Gasteiger partial charge in [-0.05, 0) is 24.1 Å². The van der Waals surface area contributed by atoms with Crippen molar-refractivity contribution in [1.29, 1.82) is 0 Å². The summed E-state index contributed by atoms with van der Waals surface area (Å²) >= 11 is 0. The van der Waals surface area contributed by atoms with Gasteiger partial charge in [0.2, 0.25) is 5.90 Å². The molecule has 0 aliphatic carbocycles. The summed E-state index contributed by atoms with van der Waals surface area (Å²) in [6.07, 6.45) is 3.29. The molecule has 1 aromatic rings. The van der Waals surface area contributed by atoms with Crippen molar-refractivity contribution in [2.75, 3.05) is 27.4 Å². The predicted octanol–water partition coefficient (Wildman–Crippen LogP) is 3.84. The normalized spacial score (nSPS) is 14.1. The van der Waals surface area contributed by atoms with E-state index in [1.54, 1.807) is 18.2 Å². The van der Waals surface area contributed by atoms with Gasteiger partial charge in [-0.1, -0.05) is 25.3 Å². The highest BCUT2D eigenvalue weighted by Crippen LogP contribution is 2.49. The minimum Gasteiger partial charge on any atom is -0.475 e. The van der Waals surface area contributed by atoms with E-state index in [9.17, 15) is 4.57 Å². The van der Waals surface area contributed by atoms with Crippen molar-refractivity contribution >= 4 is 25.9 Å². The van der Waals surface area contributed by atoms with Crippen molar-refractivity contribution in [3.8, 4) is 5.75 Å². The molecular weight excluding hydrogens is 317 g/mol. The van der Waals surface area contributed by atoms with Crippen LogP contribution >= 0.6 is 7.82 Å². The molecular formula is C16H20NO5P. The molecule has 0 unspecified atom stereocenters. The van der Waals surface area contributed by atoms with Gasteiger partial charge in [0.15, 0.2) is 0 Å². The summed E-state index contributed by atoms with van der Waals surface area (Å²) < 4.78 is 33.1. The zero-order chi connectivity index (χ0) is 17.0. The van der Waals surface area contributed by atoms with Crippen molar-refractivity contribution in [3.63, 3.8) is 0 Å². The Morgan fingerprint density at radius 2 is 1.91 bits per heavy atom. The van der Waals surface area contributed by atoms with E-state index < -0.39 is 7.82 Å². The molecule has 0 fully saturated rings. The van der Waals surface area contributed by atoms with Gasteiger partial charge in [0.05, 0.1) is 6.54 Å². The number of nitrogens with zero attached hydrogens (tertiary/aromatic N) is 1. The monoisotopic (exact) mass is 337 g/mol. The smallest absolute Gasteiger partial charge is 0.475 e. The first kappa shape index (κ1) is 17.5. The molecule has 0 saturated heterocycles. The maximum Gasteiger partial charge on any atom is 0.529 e. The number of hydrogen-bond donors (Lipinski definition) is 0. The van der Waals surface area contributed by atoms with Crippen LogP contribution < -0.4 is 4.52 Å². The van der Waals surface area contributed by atoms with E-state index in [-0.39, 0.29) is 0 Å². The first-order chi connectivity index (χ1) is 11.0. The minimum atomic E-state index is -3.70. The highest BCUT2D eigenvalue weighted by atomic mass is 31.2. The van der Waals surface area contributed by atoms with E-state index in [0.717, 1.165) is 16.7 Å². The Morgan fingerprint density at radius 3 is 2.39 bits per heavy atom. The van der Waals surface area contributed by atoms with E-state index >= 15 is 0 Å². The maximum absolute atomic E-state index is 12.3. The second kappa shape index (κ2) is 7.13. The Labute approximate surface area is 136 Å². The SMILES string of the molecule is C=Cc1c(OP(=O)(OC)OC)cc(C2=NCCO2)c(C)c1C=C. The highest BCUT2D eigenvalue weighted by molar-refractivity contribution is 7.48. The van der Waals surface area contributed by atoms with Gasteiger partial charge in [-0.2, -0.15) is 0 Å². The Hall–Kier alpha value is -1.88. The topological polar surface area (TPSA) is 66.4 Å². The van der Waals surface area contributed by atoms with Crippen LogP contribution in [0.5, 0.6) is 5.75 Å². The lowest BCUT2D eigenvalue weighted by atomic mass is 9.95. The zero-order valence-electron chi connectivity index (χ0n) is 13.5. The standard InChI is InChI=1S/C16H20NO5P/c1-6-12-11(3)14(16-17-8-9-21-16)10-15(13(12)7-2)22-23(18,19-4)20-5/h6-7,10H,1-2,8-9H2,3-5H3. The van der Waals surface area contributed by atoms with Crippen molar-refractivity contribution in [1.82, 2.24) is 0 Å². The molecule has 23 heavy (non-hydrogen) atoms. The van der Waals surface area contributed by atoms with Crippen LogP contribution in [0.25, 0.3) is 12.2 Å². The van der Waals surface area contributed by atoms with Crippen LogP contribution in [-0.4, -0.2) is 33.3 Å². The minimum absolute atomic E-state index is 0.306. The zero-order valence-corrected chi connectivity index (χ0v) is 14.4. The Bertz CT molecular complexity index is 703. The van der Waals surface area contributed by atoms with Crippen LogP contribution in [-0.2, 0) is 18.3 Å². The molecule has 124 valence electrons. The second-order valence-electron chi connectivity index (χ2n) is 4.72. The van der Waals surface area contributed by atoms with Gasteiger partial charge < -0.3 is 9.26 Å². The van der Waals surface area contributed by atoms with Crippen molar-refractivity contribution in [2.24, 2.45) is 4.99 Å². The Balaban J connectivity index is 2.64. The summed E-state index contributed by atoms with van der Waals surface area (Å²) in [5, 5.41) is 0. The number of phosphoric ester groups is 1. The van der Waals surface area contributed by atoms with Crippen molar-refractivity contribution < 1.29 is 22.9 Å². The second-order valence-corrected chi connectivity index (χ2v) is 6.53. The average molecular weight is 337 g/mol. The largest absolute Gasteiger partial charge is 0.529 e. The third kappa shape index (κ3) is 3.39. The van der Waals surface area contributed by atoms with E-state index in [2.05, 4.69) is 18.2 Å². The lowest BCUT2D eigenvalue weighted by molar-refractivity contribution is 0.211. The van der Waals surface area contributed by atoms with Crippen molar-refractivity contribution in [3.05, 3.63) is 41.5 Å². The van der Waals surface area contributed by atoms with Gasteiger partial charge in [-0.3, -0.25) is 9.05 Å². The number of hydrogen-bond acceptors (Lipinski definition) is 6. The van der Waals surface area contributed by atoms with Crippen LogP contribution in [0.4, 0.5) is 0 Å². The van der Waals surface area contributed by atoms with Gasteiger partial charge >= 0.3 is 7.82 Å². The number of phosphoric acid groups is 1. The maximum atomic E-state index is 12.3. The molecule has 7 heteroatoms. The fourth-order valence-corrected chi connectivity index (χ4v) is 3.03. The van der Waals surface area contributed by atoms with Crippen LogP contribution in [0.1, 0.15) is 22.3 Å². The summed E-state index contributed by atoms with van der Waals surface area (Å²) in [6, 6.07) is 1.70. The molecule has 1 aliphatic heterocycles. The highest BCUT2D eigenvalue weighted by Gasteiger charge is 2.28. The molecule has 0 N–H and O–H groups in total. The number of rotatable bonds is 7. The lowest BCUT2D eigenvalue weighted by Crippen LogP contribution is -2.08. The molecule has 0 amide bonds. The first-order valence-corrected chi connectivity index (χ1v) is 8.47. The van der Waals surface area contributed by atoms with Gasteiger partial charge in [0.1, 0.15) is 12.4 Å². The van der Waals surface area contributed by atoms with E-state index in [1.807, 2.05) is 6.92 Å². The summed E-state index contributed by atoms with van der Waals surface area (Å²) in [5.74, 6) is 0.830. The molecule has 0 atom stereocenters. The number of aliphatic imine (C=N–C) groups is 1. The molecule has 1 heterocycles. The molecule has 0 radical (unpaired) electrons.